The van der Waals surface area contributed by atoms with Gasteiger partial charge in [-0.2, -0.15) is 0 Å². The number of nitrogens with one attached hydrogen (secondary N) is 2. The summed E-state index contributed by atoms with van der Waals surface area (Å²) in [6.07, 6.45) is 4.53. The van der Waals surface area contributed by atoms with E-state index in [1.807, 2.05) is 12.1 Å². The summed E-state index contributed by atoms with van der Waals surface area (Å²) in [5.74, 6) is 1.74. The average molecular weight is 505 g/mol. The van der Waals surface area contributed by atoms with Gasteiger partial charge in [0.15, 0.2) is 5.96 Å². The van der Waals surface area contributed by atoms with Crippen LogP contribution in [-0.2, 0) is 16.0 Å². The average Bonchev–Trinajstić information content (AvgIpc) is 3.21. The fourth-order valence-electron chi connectivity index (χ4n) is 2.84. The predicted octanol–water partition coefficient (Wildman–Crippen LogP) is 3.73. The zero-order valence-corrected chi connectivity index (χ0v) is 19.6. The molecule has 2 N–H and O–H groups in total. The number of hydrogen-bond donors (Lipinski definition) is 2. The Balaban J connectivity index is 0.00000392. The second kappa shape index (κ2) is 15.8. The molecule has 2 rings (SSSR count). The minimum atomic E-state index is 0. The Morgan fingerprint density at radius 1 is 1.25 bits per heavy atom. The molecule has 1 atom stereocenters. The predicted molar refractivity (Wildman–Crippen MR) is 125 cm³/mol. The van der Waals surface area contributed by atoms with Gasteiger partial charge in [0.2, 0.25) is 0 Å². The summed E-state index contributed by atoms with van der Waals surface area (Å²) < 4.78 is 16.9. The van der Waals surface area contributed by atoms with Crippen molar-refractivity contribution < 1.29 is 14.2 Å². The van der Waals surface area contributed by atoms with E-state index >= 15 is 0 Å². The molecule has 1 saturated heterocycles. The lowest BCUT2D eigenvalue weighted by atomic mass is 10.2. The minimum absolute atomic E-state index is 0. The summed E-state index contributed by atoms with van der Waals surface area (Å²) >= 11 is 0. The number of benzene rings is 1. The van der Waals surface area contributed by atoms with E-state index in [1.165, 1.54) is 0 Å². The number of halogens is 1. The van der Waals surface area contributed by atoms with Crippen LogP contribution in [0.15, 0.2) is 29.3 Å². The van der Waals surface area contributed by atoms with Crippen LogP contribution in [0.5, 0.6) is 5.75 Å². The van der Waals surface area contributed by atoms with Gasteiger partial charge in [0.05, 0.1) is 25.9 Å². The van der Waals surface area contributed by atoms with Crippen LogP contribution in [0.3, 0.4) is 0 Å². The lowest BCUT2D eigenvalue weighted by molar-refractivity contribution is 0.0168. The van der Waals surface area contributed by atoms with Crippen LogP contribution in [0.4, 0.5) is 0 Å². The number of guanidine groups is 1. The Kier molecular flexibility index (Phi) is 14.1. The van der Waals surface area contributed by atoms with Crippen LogP contribution in [-0.4, -0.2) is 51.6 Å². The third kappa shape index (κ3) is 10.5. The molecule has 0 radical (unpaired) electrons. The highest BCUT2D eigenvalue weighted by Gasteiger charge is 2.14. The monoisotopic (exact) mass is 505 g/mol. The topological polar surface area (TPSA) is 64.1 Å². The number of aliphatic imine (C=N–C) groups is 1. The molecule has 0 aliphatic carbocycles. The van der Waals surface area contributed by atoms with Crippen molar-refractivity contribution in [3.8, 4) is 5.75 Å². The van der Waals surface area contributed by atoms with E-state index in [2.05, 4.69) is 41.6 Å². The van der Waals surface area contributed by atoms with Crippen molar-refractivity contribution in [3.63, 3.8) is 0 Å². The van der Waals surface area contributed by atoms with E-state index < -0.39 is 0 Å². The maximum atomic E-state index is 5.69. The van der Waals surface area contributed by atoms with Crippen molar-refractivity contribution >= 4 is 29.9 Å². The molecule has 7 heteroatoms. The smallest absolute Gasteiger partial charge is 0.191 e. The van der Waals surface area contributed by atoms with Crippen LogP contribution in [0.2, 0.25) is 0 Å². The van der Waals surface area contributed by atoms with Gasteiger partial charge in [0, 0.05) is 26.3 Å². The van der Waals surface area contributed by atoms with E-state index in [1.54, 1.807) is 0 Å². The van der Waals surface area contributed by atoms with Crippen molar-refractivity contribution in [2.24, 2.45) is 4.99 Å². The number of ether oxygens (including phenoxy) is 3. The first-order chi connectivity index (χ1) is 13.3. The summed E-state index contributed by atoms with van der Waals surface area (Å²) in [4.78, 5) is 4.66. The van der Waals surface area contributed by atoms with Gasteiger partial charge in [0.1, 0.15) is 5.75 Å². The lowest BCUT2D eigenvalue weighted by Gasteiger charge is -2.13. The molecule has 1 aromatic carbocycles. The Bertz CT molecular complexity index is 551. The first kappa shape index (κ1) is 25.0. The fraction of sp³-hybridized carbons (Fsp3) is 0.667. The van der Waals surface area contributed by atoms with Crippen molar-refractivity contribution in [2.45, 2.75) is 52.2 Å². The molecule has 0 bridgehead atoms. The van der Waals surface area contributed by atoms with Gasteiger partial charge in [0.25, 0.3) is 0 Å². The van der Waals surface area contributed by atoms with Gasteiger partial charge >= 0.3 is 0 Å². The van der Waals surface area contributed by atoms with Crippen molar-refractivity contribution in [1.29, 1.82) is 0 Å². The van der Waals surface area contributed by atoms with Gasteiger partial charge in [-0.25, -0.2) is 4.99 Å². The summed E-state index contributed by atoms with van der Waals surface area (Å²) in [6.45, 7) is 9.54. The maximum absolute atomic E-state index is 5.69. The van der Waals surface area contributed by atoms with Crippen LogP contribution >= 0.6 is 24.0 Å². The van der Waals surface area contributed by atoms with E-state index in [0.29, 0.717) is 19.3 Å². The highest BCUT2D eigenvalue weighted by atomic mass is 127. The maximum Gasteiger partial charge on any atom is 0.191 e. The number of nitrogens with zero attached hydrogens (tertiary/aromatic N) is 1. The minimum Gasteiger partial charge on any atom is -0.494 e. The molecule has 1 unspecified atom stereocenters. The molecule has 1 aliphatic rings. The summed E-state index contributed by atoms with van der Waals surface area (Å²) in [6, 6.07) is 8.14. The van der Waals surface area contributed by atoms with Gasteiger partial charge in [-0.05, 0) is 50.3 Å². The Hall–Kier alpha value is -1.06. The van der Waals surface area contributed by atoms with Crippen molar-refractivity contribution in [1.82, 2.24) is 10.6 Å². The molecule has 1 aliphatic heterocycles. The molecule has 28 heavy (non-hydrogen) atoms. The molecular formula is C21H36IN3O3. The largest absolute Gasteiger partial charge is 0.494 e. The summed E-state index contributed by atoms with van der Waals surface area (Å²) in [7, 11) is 0. The molecule has 0 saturated carbocycles. The van der Waals surface area contributed by atoms with Crippen LogP contribution in [0.25, 0.3) is 0 Å². The third-order valence-electron chi connectivity index (χ3n) is 4.22. The third-order valence-corrected chi connectivity index (χ3v) is 4.22. The summed E-state index contributed by atoms with van der Waals surface area (Å²) in [5, 5.41) is 6.65. The highest BCUT2D eigenvalue weighted by Crippen LogP contribution is 2.14. The summed E-state index contributed by atoms with van der Waals surface area (Å²) in [5.41, 5.74) is 1.14. The van der Waals surface area contributed by atoms with Gasteiger partial charge in [-0.15, -0.1) is 24.0 Å². The Labute approximate surface area is 186 Å². The standard InChI is InChI=1S/C21H35N3O3.HI/c1-3-12-26-19-9-5-8-18(15-19)16-24-21(22-4-2)23-11-7-13-25-17-20-10-6-14-27-20;/h5,8-9,15,20H,3-4,6-7,10-14,16-17H2,1-2H3,(H2,22,23,24);1H. The molecule has 1 fully saturated rings. The Morgan fingerprint density at radius 2 is 2.14 bits per heavy atom. The number of rotatable bonds is 12. The fourth-order valence-corrected chi connectivity index (χ4v) is 2.84. The second-order valence-corrected chi connectivity index (χ2v) is 6.68. The van der Waals surface area contributed by atoms with Crippen LogP contribution in [0, 0.1) is 0 Å². The zero-order chi connectivity index (χ0) is 19.2. The van der Waals surface area contributed by atoms with E-state index in [4.69, 9.17) is 14.2 Å². The van der Waals surface area contributed by atoms with E-state index in [-0.39, 0.29) is 24.0 Å². The first-order valence-electron chi connectivity index (χ1n) is 10.2. The molecule has 0 aromatic heterocycles. The molecule has 0 spiro atoms. The van der Waals surface area contributed by atoms with E-state index in [0.717, 1.165) is 75.9 Å². The van der Waals surface area contributed by atoms with Crippen molar-refractivity contribution in [2.75, 3.05) is 39.5 Å². The van der Waals surface area contributed by atoms with E-state index in [9.17, 15) is 0 Å². The number of hydrogen-bond acceptors (Lipinski definition) is 4. The molecule has 0 amide bonds. The zero-order valence-electron chi connectivity index (χ0n) is 17.2. The second-order valence-electron chi connectivity index (χ2n) is 6.68. The van der Waals surface area contributed by atoms with Gasteiger partial charge < -0.3 is 24.8 Å². The van der Waals surface area contributed by atoms with Crippen molar-refractivity contribution in [3.05, 3.63) is 29.8 Å². The highest BCUT2D eigenvalue weighted by molar-refractivity contribution is 14.0. The SMILES string of the molecule is CCCOc1cccc(CN=C(NCC)NCCCOCC2CCCO2)c1.I. The Morgan fingerprint density at radius 3 is 2.89 bits per heavy atom. The molecule has 1 heterocycles. The van der Waals surface area contributed by atoms with Gasteiger partial charge in [-0.3, -0.25) is 0 Å². The van der Waals surface area contributed by atoms with Crippen LogP contribution in [0.1, 0.15) is 45.1 Å². The quantitative estimate of drug-likeness (QED) is 0.196. The molecule has 1 aromatic rings. The van der Waals surface area contributed by atoms with Crippen LogP contribution < -0.4 is 15.4 Å². The lowest BCUT2D eigenvalue weighted by Crippen LogP contribution is -2.38. The normalized spacial score (nSPS) is 16.5. The van der Waals surface area contributed by atoms with Gasteiger partial charge in [-0.1, -0.05) is 19.1 Å². The molecule has 160 valence electrons. The first-order valence-corrected chi connectivity index (χ1v) is 10.2. The molecule has 6 nitrogen and oxygen atoms in total. The molecular weight excluding hydrogens is 469 g/mol.